The highest BCUT2D eigenvalue weighted by Gasteiger charge is 2.20. The molecule has 1 heterocycles. The Bertz CT molecular complexity index is 913. The van der Waals surface area contributed by atoms with Crippen molar-refractivity contribution in [1.29, 1.82) is 0 Å². The van der Waals surface area contributed by atoms with Gasteiger partial charge in [-0.3, -0.25) is 4.79 Å². The Balaban J connectivity index is 1.83. The van der Waals surface area contributed by atoms with Crippen molar-refractivity contribution in [3.63, 3.8) is 0 Å². The zero-order chi connectivity index (χ0) is 18.0. The maximum Gasteiger partial charge on any atom is 0.287 e. The van der Waals surface area contributed by atoms with Crippen molar-refractivity contribution >= 4 is 16.9 Å². The van der Waals surface area contributed by atoms with Crippen molar-refractivity contribution in [3.8, 4) is 11.5 Å². The van der Waals surface area contributed by atoms with Crippen LogP contribution >= 0.6 is 0 Å². The molecule has 0 aliphatic rings. The number of hydrogen-bond acceptors (Lipinski definition) is 4. The van der Waals surface area contributed by atoms with Crippen LogP contribution in [0.1, 0.15) is 34.6 Å². The lowest BCUT2D eigenvalue weighted by Crippen LogP contribution is -2.26. The van der Waals surface area contributed by atoms with Crippen LogP contribution in [0.5, 0.6) is 11.5 Å². The van der Waals surface area contributed by atoms with Crippen LogP contribution in [0.15, 0.2) is 46.9 Å². The molecule has 1 N–H and O–H groups in total. The second-order valence-electron chi connectivity index (χ2n) is 5.86. The minimum absolute atomic E-state index is 0.208. The summed E-state index contributed by atoms with van der Waals surface area (Å²) in [6.07, 6.45) is 0. The number of furan rings is 1. The first kappa shape index (κ1) is 16.9. The number of carbonyl (C=O) groups excluding carboxylic acids is 1. The molecule has 0 saturated heterocycles. The molecule has 0 spiro atoms. The first-order chi connectivity index (χ1) is 12.0. The van der Waals surface area contributed by atoms with E-state index in [-0.39, 0.29) is 11.9 Å². The van der Waals surface area contributed by atoms with E-state index in [9.17, 15) is 4.79 Å². The van der Waals surface area contributed by atoms with Crippen LogP contribution in [0, 0.1) is 6.92 Å². The van der Waals surface area contributed by atoms with Gasteiger partial charge in [-0.1, -0.05) is 24.3 Å². The van der Waals surface area contributed by atoms with Crippen LogP contribution in [-0.2, 0) is 0 Å². The fourth-order valence-corrected chi connectivity index (χ4v) is 2.86. The molecule has 130 valence electrons. The van der Waals surface area contributed by atoms with Crippen molar-refractivity contribution in [3.05, 3.63) is 59.4 Å². The molecule has 25 heavy (non-hydrogen) atoms. The van der Waals surface area contributed by atoms with Gasteiger partial charge in [0.1, 0.15) is 5.58 Å². The number of methoxy groups -OCH3 is 2. The number of carbonyl (C=O) groups is 1. The van der Waals surface area contributed by atoms with Gasteiger partial charge in [-0.2, -0.15) is 0 Å². The monoisotopic (exact) mass is 339 g/mol. The lowest BCUT2D eigenvalue weighted by Gasteiger charge is -2.16. The lowest BCUT2D eigenvalue weighted by molar-refractivity contribution is 0.0913. The standard InChI is InChI=1S/C20H21NO4/c1-12-15-7-5-6-8-16(15)25-19(12)20(22)21-13(2)14-9-10-17(23-3)18(11-14)24-4/h5-11,13H,1-4H3,(H,21,22)/t13-/m0/s1. The van der Waals surface area contributed by atoms with Gasteiger partial charge in [0.15, 0.2) is 17.3 Å². The summed E-state index contributed by atoms with van der Waals surface area (Å²) < 4.78 is 16.3. The second kappa shape index (κ2) is 6.89. The Morgan fingerprint density at radius 3 is 2.48 bits per heavy atom. The van der Waals surface area contributed by atoms with E-state index >= 15 is 0 Å². The summed E-state index contributed by atoms with van der Waals surface area (Å²) in [6, 6.07) is 13.0. The molecule has 0 aliphatic carbocycles. The van der Waals surface area contributed by atoms with Gasteiger partial charge in [-0.15, -0.1) is 0 Å². The van der Waals surface area contributed by atoms with E-state index in [1.165, 1.54) is 0 Å². The molecule has 1 atom stereocenters. The van der Waals surface area contributed by atoms with Crippen molar-refractivity contribution in [2.24, 2.45) is 0 Å². The molecule has 0 fully saturated rings. The summed E-state index contributed by atoms with van der Waals surface area (Å²) in [7, 11) is 3.18. The maximum absolute atomic E-state index is 12.6. The van der Waals surface area contributed by atoms with E-state index in [1.807, 2.05) is 56.3 Å². The fourth-order valence-electron chi connectivity index (χ4n) is 2.86. The van der Waals surface area contributed by atoms with Crippen molar-refractivity contribution in [2.45, 2.75) is 19.9 Å². The highest BCUT2D eigenvalue weighted by Crippen LogP contribution is 2.30. The van der Waals surface area contributed by atoms with Crippen LogP contribution < -0.4 is 14.8 Å². The van der Waals surface area contributed by atoms with Crippen LogP contribution in [0.2, 0.25) is 0 Å². The number of amides is 1. The summed E-state index contributed by atoms with van der Waals surface area (Å²) >= 11 is 0. The maximum atomic E-state index is 12.6. The highest BCUT2D eigenvalue weighted by molar-refractivity contribution is 5.99. The van der Waals surface area contributed by atoms with E-state index in [0.717, 1.165) is 16.5 Å². The molecule has 5 heteroatoms. The zero-order valence-corrected chi connectivity index (χ0v) is 14.8. The summed E-state index contributed by atoms with van der Waals surface area (Å²) in [4.78, 5) is 12.6. The molecule has 3 aromatic rings. The van der Waals surface area contributed by atoms with E-state index in [1.54, 1.807) is 14.2 Å². The van der Waals surface area contributed by atoms with Gasteiger partial charge < -0.3 is 19.2 Å². The highest BCUT2D eigenvalue weighted by atomic mass is 16.5. The SMILES string of the molecule is COc1ccc([C@H](C)NC(=O)c2oc3ccccc3c2C)cc1OC. The molecular weight excluding hydrogens is 318 g/mol. The van der Waals surface area contributed by atoms with Gasteiger partial charge in [-0.05, 0) is 37.6 Å². The normalized spacial score (nSPS) is 12.0. The number of aryl methyl sites for hydroxylation is 1. The third kappa shape index (κ3) is 3.18. The Morgan fingerprint density at radius 2 is 1.80 bits per heavy atom. The van der Waals surface area contributed by atoms with Crippen molar-refractivity contribution in [1.82, 2.24) is 5.32 Å². The number of benzene rings is 2. The van der Waals surface area contributed by atoms with E-state index < -0.39 is 0 Å². The minimum Gasteiger partial charge on any atom is -0.493 e. The first-order valence-corrected chi connectivity index (χ1v) is 8.06. The molecule has 0 aliphatic heterocycles. The second-order valence-corrected chi connectivity index (χ2v) is 5.86. The number of rotatable bonds is 5. The van der Waals surface area contributed by atoms with Gasteiger partial charge in [0.2, 0.25) is 0 Å². The molecule has 0 bridgehead atoms. The topological polar surface area (TPSA) is 60.7 Å². The summed E-state index contributed by atoms with van der Waals surface area (Å²) in [5.74, 6) is 1.38. The van der Waals surface area contributed by atoms with Gasteiger partial charge >= 0.3 is 0 Å². The van der Waals surface area contributed by atoms with Gasteiger partial charge in [0, 0.05) is 10.9 Å². The third-order valence-corrected chi connectivity index (χ3v) is 4.31. The smallest absolute Gasteiger partial charge is 0.287 e. The Hall–Kier alpha value is -2.95. The van der Waals surface area contributed by atoms with E-state index in [2.05, 4.69) is 5.32 Å². The molecule has 0 radical (unpaired) electrons. The van der Waals surface area contributed by atoms with Crippen LogP contribution in [0.4, 0.5) is 0 Å². The predicted molar refractivity (Wildman–Crippen MR) is 96.4 cm³/mol. The molecule has 1 amide bonds. The van der Waals surface area contributed by atoms with Crippen LogP contribution in [0.3, 0.4) is 0 Å². The van der Waals surface area contributed by atoms with Crippen molar-refractivity contribution in [2.75, 3.05) is 14.2 Å². The molecule has 5 nitrogen and oxygen atoms in total. The number of hydrogen-bond donors (Lipinski definition) is 1. The van der Waals surface area contributed by atoms with Crippen LogP contribution in [0.25, 0.3) is 11.0 Å². The van der Waals surface area contributed by atoms with E-state index in [0.29, 0.717) is 22.8 Å². The lowest BCUT2D eigenvalue weighted by atomic mass is 10.1. The van der Waals surface area contributed by atoms with Crippen molar-refractivity contribution < 1.29 is 18.7 Å². The Morgan fingerprint density at radius 1 is 1.08 bits per heavy atom. The number of nitrogens with one attached hydrogen (secondary N) is 1. The van der Waals surface area contributed by atoms with Gasteiger partial charge in [0.25, 0.3) is 5.91 Å². The quantitative estimate of drug-likeness (QED) is 0.755. The molecular formula is C20H21NO4. The largest absolute Gasteiger partial charge is 0.493 e. The number of para-hydroxylation sites is 1. The minimum atomic E-state index is -0.240. The molecule has 0 saturated carbocycles. The number of fused-ring (bicyclic) bond motifs is 1. The van der Waals surface area contributed by atoms with Crippen LogP contribution in [-0.4, -0.2) is 20.1 Å². The zero-order valence-electron chi connectivity index (χ0n) is 14.8. The molecule has 2 aromatic carbocycles. The summed E-state index contributed by atoms with van der Waals surface area (Å²) in [5, 5.41) is 3.92. The average molecular weight is 339 g/mol. The first-order valence-electron chi connectivity index (χ1n) is 8.06. The summed E-state index contributed by atoms with van der Waals surface area (Å²) in [6.45, 7) is 3.80. The molecule has 3 rings (SSSR count). The predicted octanol–water partition coefficient (Wildman–Crippen LogP) is 4.25. The molecule has 1 aromatic heterocycles. The third-order valence-electron chi connectivity index (χ3n) is 4.31. The Labute approximate surface area is 146 Å². The van der Waals surface area contributed by atoms with Gasteiger partial charge in [0.05, 0.1) is 20.3 Å². The Kier molecular flexibility index (Phi) is 4.65. The molecule has 0 unspecified atom stereocenters. The number of ether oxygens (including phenoxy) is 2. The average Bonchev–Trinajstić information content (AvgIpc) is 2.98. The van der Waals surface area contributed by atoms with Gasteiger partial charge in [-0.25, -0.2) is 0 Å². The fraction of sp³-hybridized carbons (Fsp3) is 0.250. The summed E-state index contributed by atoms with van der Waals surface area (Å²) in [5.41, 5.74) is 2.47. The van der Waals surface area contributed by atoms with E-state index in [4.69, 9.17) is 13.9 Å².